The zero-order valence-electron chi connectivity index (χ0n) is 19.8. The summed E-state index contributed by atoms with van der Waals surface area (Å²) in [6, 6.07) is 0. The Bertz CT molecular complexity index is 1240. The van der Waals surface area contributed by atoms with Crippen molar-refractivity contribution < 1.29 is 38.4 Å². The first-order valence-electron chi connectivity index (χ1n) is 11.3. The maximum absolute atomic E-state index is 13.7. The molecule has 14 heteroatoms. The van der Waals surface area contributed by atoms with Gasteiger partial charge in [-0.2, -0.15) is 9.37 Å². The molecule has 196 valence electrons. The van der Waals surface area contributed by atoms with Gasteiger partial charge < -0.3 is 24.9 Å². The summed E-state index contributed by atoms with van der Waals surface area (Å²) >= 11 is 0. The van der Waals surface area contributed by atoms with E-state index in [0.717, 1.165) is 16.8 Å². The Morgan fingerprint density at radius 3 is 2.40 bits per heavy atom. The van der Waals surface area contributed by atoms with Crippen molar-refractivity contribution in [3.05, 3.63) is 44.5 Å². The summed E-state index contributed by atoms with van der Waals surface area (Å²) in [5, 5.41) is 29.7. The van der Waals surface area contributed by atoms with Gasteiger partial charge in [0.1, 0.15) is 18.3 Å². The summed E-state index contributed by atoms with van der Waals surface area (Å²) in [4.78, 5) is 40.3. The van der Waals surface area contributed by atoms with Gasteiger partial charge in [-0.15, -0.1) is 0 Å². The van der Waals surface area contributed by atoms with Crippen LogP contribution in [0.4, 0.5) is 4.39 Å². The van der Waals surface area contributed by atoms with Crippen molar-refractivity contribution in [1.82, 2.24) is 14.4 Å². The number of hydrogen-bond acceptors (Lipinski definition) is 9. The zero-order chi connectivity index (χ0) is 26.3. The average Bonchev–Trinajstić information content (AvgIpc) is 3.07. The maximum Gasteiger partial charge on any atom is 0.359 e. The van der Waals surface area contributed by atoms with Crippen molar-refractivity contribution in [1.29, 1.82) is 0 Å². The van der Waals surface area contributed by atoms with Crippen molar-refractivity contribution in [3.63, 3.8) is 0 Å². The Balaban J connectivity index is 1.92. The van der Waals surface area contributed by atoms with E-state index < -0.39 is 59.9 Å². The second-order valence-corrected chi connectivity index (χ2v) is 11.2. The standard InChI is InChI=1S/C21H31FN3O9P/c1-5-20(4,30)35(31,32)34-21(6-2,7-3)8-13-14(26)15(27)16(33-13)11-9-25-10-12(22)18(29)24-19(25)23-17(11)28/h9-10,13-16,26-27,30H,5-8H2,1-4H3,(H,31,32)(H,23,24,28,29). The SMILES string of the molecule is CCC(CC)(CC1OC(c2cn3cc(F)c(=O)[nH]c3nc2=O)C(O)C1O)OP(=O)(O)C(C)(O)CC. The molecule has 0 aliphatic carbocycles. The highest BCUT2D eigenvalue weighted by Gasteiger charge is 2.51. The highest BCUT2D eigenvalue weighted by molar-refractivity contribution is 7.54. The Morgan fingerprint density at radius 1 is 1.20 bits per heavy atom. The maximum atomic E-state index is 13.7. The zero-order valence-corrected chi connectivity index (χ0v) is 20.7. The fourth-order valence-electron chi connectivity index (χ4n) is 4.02. The van der Waals surface area contributed by atoms with Crippen molar-refractivity contribution in [2.45, 2.75) is 88.7 Å². The highest BCUT2D eigenvalue weighted by Crippen LogP contribution is 2.59. The van der Waals surface area contributed by atoms with Gasteiger partial charge in [0.2, 0.25) is 11.6 Å². The lowest BCUT2D eigenvalue weighted by molar-refractivity contribution is -0.0619. The van der Waals surface area contributed by atoms with Gasteiger partial charge in [-0.1, -0.05) is 20.8 Å². The van der Waals surface area contributed by atoms with Crippen molar-refractivity contribution in [2.24, 2.45) is 0 Å². The summed E-state index contributed by atoms with van der Waals surface area (Å²) in [5.41, 5.74) is -3.42. The molecule has 0 aromatic carbocycles. The minimum absolute atomic E-state index is 0.0433. The van der Waals surface area contributed by atoms with E-state index >= 15 is 0 Å². The summed E-state index contributed by atoms with van der Waals surface area (Å²) in [5.74, 6) is -1.34. The molecule has 6 unspecified atom stereocenters. The van der Waals surface area contributed by atoms with E-state index in [-0.39, 0.29) is 37.0 Å². The fraction of sp³-hybridized carbons (Fsp3) is 0.667. The van der Waals surface area contributed by atoms with E-state index in [9.17, 15) is 38.8 Å². The lowest BCUT2D eigenvalue weighted by Crippen LogP contribution is -2.41. The Hall–Kier alpha value is -1.99. The third-order valence-corrected chi connectivity index (χ3v) is 8.97. The third-order valence-electron chi connectivity index (χ3n) is 6.80. The van der Waals surface area contributed by atoms with Crippen LogP contribution in [0, 0.1) is 5.82 Å². The number of aromatic nitrogens is 3. The number of fused-ring (bicyclic) bond motifs is 1. The van der Waals surface area contributed by atoms with E-state index in [0.29, 0.717) is 0 Å². The van der Waals surface area contributed by atoms with Gasteiger partial charge in [0, 0.05) is 12.6 Å². The monoisotopic (exact) mass is 519 g/mol. The number of aromatic amines is 1. The van der Waals surface area contributed by atoms with Crippen LogP contribution in [0.3, 0.4) is 0 Å². The largest absolute Gasteiger partial charge is 0.388 e. The normalized spacial score (nSPS) is 26.5. The predicted molar refractivity (Wildman–Crippen MR) is 121 cm³/mol. The Morgan fingerprint density at radius 2 is 1.83 bits per heavy atom. The van der Waals surface area contributed by atoms with Crippen molar-refractivity contribution in [3.8, 4) is 0 Å². The van der Waals surface area contributed by atoms with E-state index in [1.54, 1.807) is 13.8 Å². The van der Waals surface area contributed by atoms with E-state index in [2.05, 4.69) is 9.97 Å². The van der Waals surface area contributed by atoms with Crippen LogP contribution in [-0.2, 0) is 13.8 Å². The molecule has 6 atom stereocenters. The molecule has 35 heavy (non-hydrogen) atoms. The molecule has 0 spiro atoms. The summed E-state index contributed by atoms with van der Waals surface area (Å²) in [6.45, 7) is 6.14. The first-order chi connectivity index (χ1) is 16.2. The molecule has 3 rings (SSSR count). The number of hydrogen-bond donors (Lipinski definition) is 5. The molecule has 1 aliphatic heterocycles. The Labute approximate surface area is 199 Å². The van der Waals surface area contributed by atoms with E-state index in [1.807, 2.05) is 0 Å². The quantitative estimate of drug-likeness (QED) is 0.299. The minimum Gasteiger partial charge on any atom is -0.388 e. The summed E-state index contributed by atoms with van der Waals surface area (Å²) < 4.78 is 39.0. The lowest BCUT2D eigenvalue weighted by Gasteiger charge is -2.39. The Kier molecular flexibility index (Phi) is 7.74. The highest BCUT2D eigenvalue weighted by atomic mass is 31.2. The molecule has 0 radical (unpaired) electrons. The van der Waals surface area contributed by atoms with Crippen molar-refractivity contribution >= 4 is 13.4 Å². The first-order valence-corrected chi connectivity index (χ1v) is 12.9. The van der Waals surface area contributed by atoms with Crippen LogP contribution in [0.1, 0.15) is 65.0 Å². The summed E-state index contributed by atoms with van der Waals surface area (Å²) in [6.07, 6.45) is -3.35. The van der Waals surface area contributed by atoms with Gasteiger partial charge in [0.25, 0.3) is 11.1 Å². The van der Waals surface area contributed by atoms with Crippen LogP contribution in [0.15, 0.2) is 22.0 Å². The van der Waals surface area contributed by atoms with E-state index in [1.165, 1.54) is 13.8 Å². The number of nitrogens with zero attached hydrogens (tertiary/aromatic N) is 2. The van der Waals surface area contributed by atoms with Crippen LogP contribution in [0.5, 0.6) is 0 Å². The third kappa shape index (κ3) is 5.12. The van der Waals surface area contributed by atoms with Crippen molar-refractivity contribution in [2.75, 3.05) is 0 Å². The number of H-pyrrole nitrogens is 1. The minimum atomic E-state index is -4.53. The fourth-order valence-corrected chi connectivity index (χ4v) is 5.47. The van der Waals surface area contributed by atoms with Crippen LogP contribution >= 0.6 is 7.60 Å². The molecule has 12 nitrogen and oxygen atoms in total. The van der Waals surface area contributed by atoms with Crippen LogP contribution < -0.4 is 11.1 Å². The number of ether oxygens (including phenoxy) is 1. The number of nitrogens with one attached hydrogen (secondary N) is 1. The molecule has 3 heterocycles. The molecule has 5 N–H and O–H groups in total. The average molecular weight is 519 g/mol. The lowest BCUT2D eigenvalue weighted by atomic mass is 9.88. The number of rotatable bonds is 9. The van der Waals surface area contributed by atoms with Gasteiger partial charge in [-0.05, 0) is 26.2 Å². The van der Waals surface area contributed by atoms with Crippen LogP contribution in [-0.4, -0.2) is 63.8 Å². The van der Waals surface area contributed by atoms with Gasteiger partial charge in [-0.3, -0.25) is 28.1 Å². The van der Waals surface area contributed by atoms with E-state index in [4.69, 9.17) is 9.26 Å². The molecular weight excluding hydrogens is 488 g/mol. The number of aliphatic hydroxyl groups is 3. The predicted octanol–water partition coefficient (Wildman–Crippen LogP) is 0.953. The van der Waals surface area contributed by atoms with Gasteiger partial charge in [0.15, 0.2) is 5.34 Å². The molecule has 1 fully saturated rings. The summed E-state index contributed by atoms with van der Waals surface area (Å²) in [7, 11) is -4.53. The molecule has 0 bridgehead atoms. The number of halogens is 1. The van der Waals surface area contributed by atoms with Crippen LogP contribution in [0.2, 0.25) is 0 Å². The molecule has 2 aromatic heterocycles. The molecular formula is C21H31FN3O9P. The molecule has 2 aromatic rings. The smallest absolute Gasteiger partial charge is 0.359 e. The second-order valence-electron chi connectivity index (χ2n) is 9.02. The molecule has 1 aliphatic rings. The number of aliphatic hydroxyl groups excluding tert-OH is 2. The first kappa shape index (κ1) is 27.6. The topological polar surface area (TPSA) is 184 Å². The van der Waals surface area contributed by atoms with Gasteiger partial charge >= 0.3 is 7.60 Å². The van der Waals surface area contributed by atoms with Gasteiger partial charge in [-0.25, -0.2) is 0 Å². The molecule has 0 saturated carbocycles. The molecule has 0 amide bonds. The van der Waals surface area contributed by atoms with Gasteiger partial charge in [0.05, 0.1) is 23.5 Å². The second kappa shape index (κ2) is 9.81. The molecule has 1 saturated heterocycles. The van der Waals surface area contributed by atoms with Crippen LogP contribution in [0.25, 0.3) is 5.78 Å².